The molecule has 1 aliphatic heterocycles. The topological polar surface area (TPSA) is 95.7 Å². The number of methoxy groups -OCH3 is 1. The zero-order valence-electron chi connectivity index (χ0n) is 16.4. The molecule has 1 atom stereocenters. The Balaban J connectivity index is 1.48. The lowest BCUT2D eigenvalue weighted by molar-refractivity contribution is -0.121. The number of ether oxygens (including phenoxy) is 3. The first-order valence-electron chi connectivity index (χ1n) is 9.71. The van der Waals surface area contributed by atoms with E-state index in [9.17, 15) is 4.79 Å². The molecule has 2 heterocycles. The molecule has 1 aromatic carbocycles. The molecule has 152 valence electrons. The zero-order valence-corrected chi connectivity index (χ0v) is 16.4. The minimum absolute atomic E-state index is 0.0199. The van der Waals surface area contributed by atoms with Gasteiger partial charge in [0.2, 0.25) is 17.6 Å². The van der Waals surface area contributed by atoms with Gasteiger partial charge in [0.1, 0.15) is 0 Å². The van der Waals surface area contributed by atoms with Gasteiger partial charge in [-0.3, -0.25) is 4.79 Å². The lowest BCUT2D eigenvalue weighted by Gasteiger charge is -2.10. The van der Waals surface area contributed by atoms with Crippen LogP contribution >= 0.6 is 0 Å². The molecular formula is C20H27N3O5. The summed E-state index contributed by atoms with van der Waals surface area (Å²) in [6.07, 6.45) is 3.86. The van der Waals surface area contributed by atoms with Gasteiger partial charge in [-0.1, -0.05) is 5.16 Å². The summed E-state index contributed by atoms with van der Waals surface area (Å²) in [6.45, 7) is 3.86. The fourth-order valence-corrected chi connectivity index (χ4v) is 3.08. The van der Waals surface area contributed by atoms with Crippen molar-refractivity contribution in [1.29, 1.82) is 0 Å². The molecule has 1 aliphatic rings. The number of amides is 1. The number of carbonyl (C=O) groups is 1. The fraction of sp³-hybridized carbons (Fsp3) is 0.550. The van der Waals surface area contributed by atoms with E-state index in [2.05, 4.69) is 15.5 Å². The minimum Gasteiger partial charge on any atom is -0.493 e. The van der Waals surface area contributed by atoms with Crippen LogP contribution < -0.4 is 14.8 Å². The van der Waals surface area contributed by atoms with Crippen molar-refractivity contribution in [2.24, 2.45) is 0 Å². The molecule has 0 unspecified atom stereocenters. The molecule has 8 nitrogen and oxygen atoms in total. The van der Waals surface area contributed by atoms with Crippen LogP contribution in [0.15, 0.2) is 22.7 Å². The van der Waals surface area contributed by atoms with E-state index < -0.39 is 0 Å². The molecule has 28 heavy (non-hydrogen) atoms. The summed E-state index contributed by atoms with van der Waals surface area (Å²) < 4.78 is 21.7. The van der Waals surface area contributed by atoms with Gasteiger partial charge in [0.05, 0.1) is 19.8 Å². The molecule has 1 fully saturated rings. The van der Waals surface area contributed by atoms with Gasteiger partial charge in [0.15, 0.2) is 11.5 Å². The van der Waals surface area contributed by atoms with Crippen molar-refractivity contribution in [1.82, 2.24) is 15.5 Å². The maximum absolute atomic E-state index is 11.9. The Labute approximate surface area is 164 Å². The van der Waals surface area contributed by atoms with Crippen LogP contribution in [0.1, 0.15) is 38.5 Å². The molecule has 1 N–H and O–H groups in total. The molecule has 1 saturated heterocycles. The highest BCUT2D eigenvalue weighted by Crippen LogP contribution is 2.31. The standard InChI is InChI=1S/C20H27N3O5/c1-3-26-16-10-9-14(12-17(16)25-2)20-22-19(28-23-20)8-4-7-18(24)21-13-15-6-5-11-27-15/h9-10,12,15H,3-8,11,13H2,1-2H3,(H,21,24)/t15-/m0/s1. The summed E-state index contributed by atoms with van der Waals surface area (Å²) in [4.78, 5) is 16.3. The van der Waals surface area contributed by atoms with Crippen LogP contribution in [0.5, 0.6) is 11.5 Å². The summed E-state index contributed by atoms with van der Waals surface area (Å²) in [5.74, 6) is 2.31. The van der Waals surface area contributed by atoms with Crippen molar-refractivity contribution in [3.05, 3.63) is 24.1 Å². The number of aryl methyl sites for hydroxylation is 1. The third kappa shape index (κ3) is 5.45. The molecule has 2 aromatic rings. The molecule has 0 bridgehead atoms. The normalized spacial score (nSPS) is 16.1. The van der Waals surface area contributed by atoms with Gasteiger partial charge < -0.3 is 24.1 Å². The van der Waals surface area contributed by atoms with Gasteiger partial charge >= 0.3 is 0 Å². The van der Waals surface area contributed by atoms with Gasteiger partial charge in [-0.15, -0.1) is 0 Å². The number of nitrogens with one attached hydrogen (secondary N) is 1. The van der Waals surface area contributed by atoms with Crippen molar-refractivity contribution in [2.75, 3.05) is 26.9 Å². The van der Waals surface area contributed by atoms with Gasteiger partial charge in [0.25, 0.3) is 0 Å². The van der Waals surface area contributed by atoms with Crippen molar-refractivity contribution < 1.29 is 23.5 Å². The summed E-state index contributed by atoms with van der Waals surface area (Å²) in [5, 5.41) is 6.94. The minimum atomic E-state index is 0.0199. The van der Waals surface area contributed by atoms with Gasteiger partial charge in [-0.2, -0.15) is 4.98 Å². The van der Waals surface area contributed by atoms with Crippen molar-refractivity contribution >= 4 is 5.91 Å². The molecule has 0 radical (unpaired) electrons. The average Bonchev–Trinajstić information content (AvgIpc) is 3.39. The van der Waals surface area contributed by atoms with Gasteiger partial charge in [0, 0.05) is 31.6 Å². The third-order valence-electron chi connectivity index (χ3n) is 4.54. The Morgan fingerprint density at radius 1 is 1.36 bits per heavy atom. The van der Waals surface area contributed by atoms with E-state index >= 15 is 0 Å². The van der Waals surface area contributed by atoms with Crippen molar-refractivity contribution in [2.45, 2.75) is 45.1 Å². The molecule has 1 amide bonds. The highest BCUT2D eigenvalue weighted by Gasteiger charge is 2.16. The Morgan fingerprint density at radius 3 is 3.00 bits per heavy atom. The largest absolute Gasteiger partial charge is 0.493 e. The first-order chi connectivity index (χ1) is 13.7. The van der Waals surface area contributed by atoms with Gasteiger partial charge in [-0.05, 0) is 44.4 Å². The summed E-state index contributed by atoms with van der Waals surface area (Å²) >= 11 is 0. The van der Waals surface area contributed by atoms with E-state index in [1.54, 1.807) is 7.11 Å². The number of nitrogens with zero attached hydrogens (tertiary/aromatic N) is 2. The lowest BCUT2D eigenvalue weighted by Crippen LogP contribution is -2.31. The summed E-state index contributed by atoms with van der Waals surface area (Å²) in [6, 6.07) is 5.50. The molecule has 0 spiro atoms. The maximum atomic E-state index is 11.9. The predicted octanol–water partition coefficient (Wildman–Crippen LogP) is 2.76. The first kappa shape index (κ1) is 20.1. The van der Waals surface area contributed by atoms with E-state index in [-0.39, 0.29) is 12.0 Å². The van der Waals surface area contributed by atoms with Crippen LogP contribution in [0, 0.1) is 0 Å². The van der Waals surface area contributed by atoms with Crippen molar-refractivity contribution in [3.8, 4) is 22.9 Å². The van der Waals surface area contributed by atoms with Crippen LogP contribution in [0.25, 0.3) is 11.4 Å². The lowest BCUT2D eigenvalue weighted by atomic mass is 10.2. The molecule has 0 saturated carbocycles. The Morgan fingerprint density at radius 2 is 2.25 bits per heavy atom. The second-order valence-electron chi connectivity index (χ2n) is 6.60. The average molecular weight is 389 g/mol. The number of rotatable bonds is 10. The fourth-order valence-electron chi connectivity index (χ4n) is 3.08. The van der Waals surface area contributed by atoms with Gasteiger partial charge in [-0.25, -0.2) is 0 Å². The van der Waals surface area contributed by atoms with Crippen LogP contribution in [0.3, 0.4) is 0 Å². The third-order valence-corrected chi connectivity index (χ3v) is 4.54. The van der Waals surface area contributed by atoms with E-state index in [1.165, 1.54) is 0 Å². The van der Waals surface area contributed by atoms with Crippen LogP contribution in [0.4, 0.5) is 0 Å². The summed E-state index contributed by atoms with van der Waals surface area (Å²) in [7, 11) is 1.59. The highest BCUT2D eigenvalue weighted by molar-refractivity contribution is 5.75. The van der Waals surface area contributed by atoms with E-state index in [0.29, 0.717) is 55.6 Å². The Kier molecular flexibility index (Phi) is 7.25. The number of benzene rings is 1. The van der Waals surface area contributed by atoms with Crippen LogP contribution in [-0.4, -0.2) is 49.0 Å². The molecule has 0 aliphatic carbocycles. The van der Waals surface area contributed by atoms with Crippen LogP contribution in [-0.2, 0) is 16.0 Å². The molecule has 1 aromatic heterocycles. The number of carbonyl (C=O) groups excluding carboxylic acids is 1. The maximum Gasteiger partial charge on any atom is 0.226 e. The zero-order chi connectivity index (χ0) is 19.8. The molecular weight excluding hydrogens is 362 g/mol. The Hall–Kier alpha value is -2.61. The SMILES string of the molecule is CCOc1ccc(-c2noc(CCCC(=O)NC[C@@H]3CCCO3)n2)cc1OC. The predicted molar refractivity (Wildman–Crippen MR) is 102 cm³/mol. The molecule has 3 rings (SSSR count). The van der Waals surface area contributed by atoms with E-state index in [4.69, 9.17) is 18.7 Å². The van der Waals surface area contributed by atoms with E-state index in [0.717, 1.165) is 25.0 Å². The first-order valence-corrected chi connectivity index (χ1v) is 9.71. The van der Waals surface area contributed by atoms with Crippen molar-refractivity contribution in [3.63, 3.8) is 0 Å². The second kappa shape index (κ2) is 10.1. The number of hydrogen-bond donors (Lipinski definition) is 1. The summed E-state index contributed by atoms with van der Waals surface area (Å²) in [5.41, 5.74) is 0.782. The highest BCUT2D eigenvalue weighted by atomic mass is 16.5. The van der Waals surface area contributed by atoms with Crippen LogP contribution in [0.2, 0.25) is 0 Å². The second-order valence-corrected chi connectivity index (χ2v) is 6.60. The molecule has 8 heteroatoms. The Bertz CT molecular complexity index is 771. The van der Waals surface area contributed by atoms with E-state index in [1.807, 2.05) is 25.1 Å². The quantitative estimate of drug-likeness (QED) is 0.667. The smallest absolute Gasteiger partial charge is 0.226 e. The number of aromatic nitrogens is 2. The number of hydrogen-bond acceptors (Lipinski definition) is 7. The monoisotopic (exact) mass is 389 g/mol.